The molecule has 0 aliphatic carbocycles. The zero-order valence-electron chi connectivity index (χ0n) is 20.9. The molecule has 192 valence electrons. The van der Waals surface area contributed by atoms with E-state index in [9.17, 15) is 14.4 Å². The Bertz CT molecular complexity index is 1560. The van der Waals surface area contributed by atoms with Crippen molar-refractivity contribution in [1.29, 1.82) is 0 Å². The fourth-order valence-corrected chi connectivity index (χ4v) is 3.89. The van der Waals surface area contributed by atoms with Crippen molar-refractivity contribution in [2.75, 3.05) is 20.3 Å². The van der Waals surface area contributed by atoms with E-state index in [-0.39, 0.29) is 35.1 Å². The molecule has 0 N–H and O–H groups in total. The monoisotopic (exact) mass is 504 g/mol. The summed E-state index contributed by atoms with van der Waals surface area (Å²) in [5.74, 6) is -0.797. The molecule has 37 heavy (non-hydrogen) atoms. The first kappa shape index (κ1) is 25.8. The van der Waals surface area contributed by atoms with Crippen LogP contribution in [0.1, 0.15) is 30.6 Å². The molecule has 0 spiro atoms. The number of amides is 1. The van der Waals surface area contributed by atoms with Gasteiger partial charge in [-0.25, -0.2) is 9.78 Å². The first-order chi connectivity index (χ1) is 17.9. The number of para-hydroxylation sites is 1. The summed E-state index contributed by atoms with van der Waals surface area (Å²) in [6.07, 6.45) is 1.19. The third-order valence-corrected chi connectivity index (χ3v) is 5.64. The highest BCUT2D eigenvalue weighted by Gasteiger charge is 2.21. The zero-order chi connectivity index (χ0) is 26.4. The molecular weight excluding hydrogens is 476 g/mol. The van der Waals surface area contributed by atoms with Crippen LogP contribution in [0.3, 0.4) is 0 Å². The molecule has 1 amide bonds. The summed E-state index contributed by atoms with van der Waals surface area (Å²) in [7, 11) is 1.58. The van der Waals surface area contributed by atoms with Gasteiger partial charge in [-0.2, -0.15) is 4.99 Å². The smallest absolute Gasteiger partial charge is 0.341 e. The van der Waals surface area contributed by atoms with E-state index < -0.39 is 18.0 Å². The number of esters is 1. The second-order valence-electron chi connectivity index (χ2n) is 8.21. The Morgan fingerprint density at radius 3 is 2.59 bits per heavy atom. The number of methoxy groups -OCH3 is 1. The molecule has 4 rings (SSSR count). The summed E-state index contributed by atoms with van der Waals surface area (Å²) >= 11 is 0. The molecule has 1 aromatic carbocycles. The maximum atomic E-state index is 13.4. The molecule has 0 saturated carbocycles. The molecule has 0 aliphatic heterocycles. The van der Waals surface area contributed by atoms with Gasteiger partial charge in [0.05, 0.1) is 12.0 Å². The van der Waals surface area contributed by atoms with Crippen LogP contribution in [0.4, 0.5) is 0 Å². The number of carbonyl (C=O) groups is 2. The molecule has 0 fully saturated rings. The third-order valence-electron chi connectivity index (χ3n) is 5.64. The minimum absolute atomic E-state index is 0.0122. The molecule has 3 heterocycles. The van der Waals surface area contributed by atoms with E-state index in [2.05, 4.69) is 9.98 Å². The predicted molar refractivity (Wildman–Crippen MR) is 137 cm³/mol. The van der Waals surface area contributed by atoms with Crippen LogP contribution in [0.25, 0.3) is 16.7 Å². The molecule has 10 heteroatoms. The number of aryl methyl sites for hydroxylation is 1. The van der Waals surface area contributed by atoms with Crippen molar-refractivity contribution in [3.8, 4) is 5.75 Å². The van der Waals surface area contributed by atoms with Crippen molar-refractivity contribution in [3.63, 3.8) is 0 Å². The summed E-state index contributed by atoms with van der Waals surface area (Å²) in [6.45, 7) is 4.06. The Labute approximate surface area is 212 Å². The minimum Gasteiger partial charge on any atom is -0.481 e. The van der Waals surface area contributed by atoms with E-state index >= 15 is 0 Å². The number of hydrogen-bond donors (Lipinski definition) is 0. The zero-order valence-corrected chi connectivity index (χ0v) is 20.9. The van der Waals surface area contributed by atoms with Crippen LogP contribution >= 0.6 is 0 Å². The molecule has 0 radical (unpaired) electrons. The number of rotatable bonds is 9. The Hall–Kier alpha value is -4.31. The Kier molecular flexibility index (Phi) is 8.09. The van der Waals surface area contributed by atoms with Gasteiger partial charge in [0.1, 0.15) is 22.6 Å². The number of nitrogens with zero attached hydrogens (tertiary/aromatic N) is 4. The number of carbonyl (C=O) groups excluding carboxylic acids is 2. The average molecular weight is 505 g/mol. The fraction of sp³-hybridized carbons (Fsp3) is 0.296. The predicted octanol–water partition coefficient (Wildman–Crippen LogP) is 2.76. The number of pyridine rings is 2. The first-order valence-electron chi connectivity index (χ1n) is 12.0. The maximum Gasteiger partial charge on any atom is 0.341 e. The maximum absolute atomic E-state index is 13.4. The lowest BCUT2D eigenvalue weighted by Gasteiger charge is -2.16. The quantitative estimate of drug-likeness (QED) is 0.196. The van der Waals surface area contributed by atoms with Crippen LogP contribution in [0, 0.1) is 0 Å². The second-order valence-corrected chi connectivity index (χ2v) is 8.21. The molecule has 3 aromatic heterocycles. The van der Waals surface area contributed by atoms with E-state index in [1.165, 1.54) is 10.5 Å². The molecule has 0 unspecified atom stereocenters. The van der Waals surface area contributed by atoms with Crippen LogP contribution in [-0.4, -0.2) is 52.3 Å². The molecule has 1 atom stereocenters. The van der Waals surface area contributed by atoms with E-state index in [1.54, 1.807) is 74.2 Å². The van der Waals surface area contributed by atoms with Gasteiger partial charge in [-0.05, 0) is 50.6 Å². The largest absolute Gasteiger partial charge is 0.481 e. The van der Waals surface area contributed by atoms with Gasteiger partial charge in [-0.3, -0.25) is 14.0 Å². The third kappa shape index (κ3) is 5.59. The van der Waals surface area contributed by atoms with Gasteiger partial charge < -0.3 is 18.8 Å². The highest BCUT2D eigenvalue weighted by atomic mass is 16.5. The molecule has 10 nitrogen and oxygen atoms in total. The summed E-state index contributed by atoms with van der Waals surface area (Å²) in [5, 5.41) is 0.198. The molecule has 4 aromatic rings. The lowest BCUT2D eigenvalue weighted by Crippen LogP contribution is -2.34. The van der Waals surface area contributed by atoms with E-state index in [0.29, 0.717) is 30.1 Å². The van der Waals surface area contributed by atoms with Gasteiger partial charge in [0.25, 0.3) is 11.5 Å². The molecule has 0 bridgehead atoms. The van der Waals surface area contributed by atoms with Gasteiger partial charge in [0.2, 0.25) is 0 Å². The molecule has 0 saturated heterocycles. The number of fused-ring (bicyclic) bond motifs is 2. The van der Waals surface area contributed by atoms with E-state index in [0.717, 1.165) is 0 Å². The van der Waals surface area contributed by atoms with Crippen LogP contribution < -0.4 is 15.8 Å². The van der Waals surface area contributed by atoms with Crippen molar-refractivity contribution >= 4 is 28.6 Å². The highest BCUT2D eigenvalue weighted by molar-refractivity contribution is 5.94. The minimum atomic E-state index is -0.934. The van der Waals surface area contributed by atoms with Gasteiger partial charge in [-0.1, -0.05) is 24.3 Å². The summed E-state index contributed by atoms with van der Waals surface area (Å²) in [4.78, 5) is 48.5. The van der Waals surface area contributed by atoms with Crippen LogP contribution in [-0.2, 0) is 20.8 Å². The van der Waals surface area contributed by atoms with Gasteiger partial charge in [0.15, 0.2) is 11.6 Å². The highest BCUT2D eigenvalue weighted by Crippen LogP contribution is 2.14. The Morgan fingerprint density at radius 1 is 1.11 bits per heavy atom. The number of hydrogen-bond acceptors (Lipinski definition) is 7. The molecule has 0 aliphatic rings. The van der Waals surface area contributed by atoms with E-state index in [4.69, 9.17) is 14.2 Å². The fourth-order valence-electron chi connectivity index (χ4n) is 3.89. The lowest BCUT2D eigenvalue weighted by molar-refractivity contribution is -0.124. The van der Waals surface area contributed by atoms with Crippen LogP contribution in [0.5, 0.6) is 5.75 Å². The van der Waals surface area contributed by atoms with Crippen molar-refractivity contribution in [1.82, 2.24) is 14.0 Å². The van der Waals surface area contributed by atoms with Crippen molar-refractivity contribution < 1.29 is 23.8 Å². The van der Waals surface area contributed by atoms with Gasteiger partial charge in [-0.15, -0.1) is 0 Å². The number of aromatic nitrogens is 3. The normalized spacial score (nSPS) is 12.6. The Morgan fingerprint density at radius 2 is 1.86 bits per heavy atom. The van der Waals surface area contributed by atoms with Gasteiger partial charge >= 0.3 is 5.97 Å². The van der Waals surface area contributed by atoms with Crippen molar-refractivity contribution in [2.45, 2.75) is 32.9 Å². The van der Waals surface area contributed by atoms with Crippen molar-refractivity contribution in [3.05, 3.63) is 82.2 Å². The molecular formula is C27H28N4O6. The topological polar surface area (TPSA) is 113 Å². The van der Waals surface area contributed by atoms with Gasteiger partial charge in [0, 0.05) is 26.5 Å². The lowest BCUT2D eigenvalue weighted by atomic mass is 10.2. The van der Waals surface area contributed by atoms with Crippen molar-refractivity contribution in [2.24, 2.45) is 4.99 Å². The number of benzene rings is 1. The standard InChI is InChI=1S/C27H28N4O6/c1-4-36-27(34)21-17-20-23(28-22-13-8-9-14-30(22)26(20)33)31(15-10-16-35-3)24(21)29-25(32)18(2)37-19-11-6-5-7-12-19/h5-9,11-14,17-18H,4,10,15-16H2,1-3H3/t18-/m1/s1. The average Bonchev–Trinajstić information content (AvgIpc) is 2.90. The first-order valence-corrected chi connectivity index (χ1v) is 12.0. The van der Waals surface area contributed by atoms with Crippen LogP contribution in [0.2, 0.25) is 0 Å². The SMILES string of the molecule is CCOC(=O)c1cc2c(=O)n3ccccc3nc2n(CCCOC)c1=NC(=O)[C@@H](C)Oc1ccccc1. The second kappa shape index (κ2) is 11.6. The Balaban J connectivity index is 1.97. The van der Waals surface area contributed by atoms with Crippen LogP contribution in [0.15, 0.2) is 70.6 Å². The van der Waals surface area contributed by atoms with E-state index in [1.807, 2.05) is 6.07 Å². The summed E-state index contributed by atoms with van der Waals surface area (Å²) < 4.78 is 19.2. The number of ether oxygens (including phenoxy) is 3. The summed E-state index contributed by atoms with van der Waals surface area (Å²) in [6, 6.07) is 15.5. The summed E-state index contributed by atoms with van der Waals surface area (Å²) in [5.41, 5.74) is 0.390.